The molecule has 0 atom stereocenters. The van der Waals surface area contributed by atoms with Gasteiger partial charge in [0.05, 0.1) is 0 Å². The van der Waals surface area contributed by atoms with Crippen LogP contribution in [0.5, 0.6) is 0 Å². The Morgan fingerprint density at radius 3 is 3.07 bits per heavy atom. The van der Waals surface area contributed by atoms with Crippen LogP contribution in [0.15, 0.2) is 22.6 Å². The first-order chi connectivity index (χ1) is 6.83. The number of anilines is 1. The van der Waals surface area contributed by atoms with Crippen LogP contribution in [0, 0.1) is 0 Å². The van der Waals surface area contributed by atoms with Crippen molar-refractivity contribution in [1.29, 1.82) is 0 Å². The van der Waals surface area contributed by atoms with Gasteiger partial charge < -0.3 is 4.42 Å². The molecule has 0 aliphatic heterocycles. The Morgan fingerprint density at radius 2 is 2.36 bits per heavy atom. The number of nitrogens with one attached hydrogen (secondary N) is 1. The number of nitrogen functional groups attached to an aromatic ring is 1. The standard InChI is InChI=1S/C10H13N3O/c1-2-3-7-4-5-9-8(6-7)12-10(13-11)14-9/h4-6H,2-3,11H2,1H3,(H,12,13). The predicted octanol–water partition coefficient (Wildman–Crippen LogP) is 2.07. The zero-order chi connectivity index (χ0) is 9.97. The molecule has 0 unspecified atom stereocenters. The molecule has 3 N–H and O–H groups in total. The summed E-state index contributed by atoms with van der Waals surface area (Å²) in [6, 6.07) is 6.36. The Hall–Kier alpha value is -1.55. The fourth-order valence-corrected chi connectivity index (χ4v) is 1.48. The number of aromatic nitrogens is 1. The maximum Gasteiger partial charge on any atom is 0.310 e. The van der Waals surface area contributed by atoms with Crippen LogP contribution in [0.2, 0.25) is 0 Å². The van der Waals surface area contributed by atoms with Gasteiger partial charge in [-0.2, -0.15) is 4.98 Å². The van der Waals surface area contributed by atoms with Gasteiger partial charge in [0.15, 0.2) is 5.58 Å². The van der Waals surface area contributed by atoms with Crippen LogP contribution >= 0.6 is 0 Å². The number of hydrazine groups is 1. The van der Waals surface area contributed by atoms with Gasteiger partial charge in [0.1, 0.15) is 5.52 Å². The maximum absolute atomic E-state index is 5.30. The van der Waals surface area contributed by atoms with Gasteiger partial charge in [-0.1, -0.05) is 19.4 Å². The molecule has 0 amide bonds. The lowest BCUT2D eigenvalue weighted by Crippen LogP contribution is -2.06. The smallest absolute Gasteiger partial charge is 0.310 e. The van der Waals surface area contributed by atoms with Gasteiger partial charge in [-0.05, 0) is 24.1 Å². The van der Waals surface area contributed by atoms with Gasteiger partial charge in [0.2, 0.25) is 0 Å². The highest BCUT2D eigenvalue weighted by Gasteiger charge is 2.04. The number of fused-ring (bicyclic) bond motifs is 1. The molecule has 0 saturated heterocycles. The fraction of sp³-hybridized carbons (Fsp3) is 0.300. The first kappa shape index (κ1) is 9.02. The summed E-state index contributed by atoms with van der Waals surface area (Å²) in [5, 5.41) is 0. The zero-order valence-electron chi connectivity index (χ0n) is 8.08. The second-order valence-corrected chi connectivity index (χ2v) is 3.22. The van der Waals surface area contributed by atoms with Crippen LogP contribution in [-0.4, -0.2) is 4.98 Å². The lowest BCUT2D eigenvalue weighted by atomic mass is 10.1. The van der Waals surface area contributed by atoms with Crippen molar-refractivity contribution in [1.82, 2.24) is 4.98 Å². The molecule has 0 radical (unpaired) electrons. The van der Waals surface area contributed by atoms with E-state index in [0.717, 1.165) is 23.9 Å². The number of benzene rings is 1. The predicted molar refractivity (Wildman–Crippen MR) is 55.8 cm³/mol. The second kappa shape index (κ2) is 3.67. The van der Waals surface area contributed by atoms with Crippen molar-refractivity contribution in [3.63, 3.8) is 0 Å². The monoisotopic (exact) mass is 191 g/mol. The number of hydrogen-bond donors (Lipinski definition) is 2. The van der Waals surface area contributed by atoms with Crippen LogP contribution in [0.4, 0.5) is 6.01 Å². The van der Waals surface area contributed by atoms with Crippen LogP contribution in [0.1, 0.15) is 18.9 Å². The molecule has 1 heterocycles. The molecule has 0 saturated carbocycles. The molecule has 0 bridgehead atoms. The first-order valence-corrected chi connectivity index (χ1v) is 4.69. The Bertz CT molecular complexity index is 436. The summed E-state index contributed by atoms with van der Waals surface area (Å²) < 4.78 is 5.30. The van der Waals surface area contributed by atoms with Crippen molar-refractivity contribution in [2.24, 2.45) is 5.84 Å². The van der Waals surface area contributed by atoms with Crippen molar-refractivity contribution in [3.8, 4) is 0 Å². The lowest BCUT2D eigenvalue weighted by Gasteiger charge is -1.95. The maximum atomic E-state index is 5.30. The quantitative estimate of drug-likeness (QED) is 0.575. The third-order valence-electron chi connectivity index (χ3n) is 2.11. The van der Waals surface area contributed by atoms with Gasteiger partial charge in [0, 0.05) is 0 Å². The van der Waals surface area contributed by atoms with Crippen LogP contribution < -0.4 is 11.3 Å². The Kier molecular flexibility index (Phi) is 2.37. The third kappa shape index (κ3) is 1.56. The molecule has 74 valence electrons. The molecule has 1 aromatic carbocycles. The van der Waals surface area contributed by atoms with E-state index in [1.807, 2.05) is 12.1 Å². The van der Waals surface area contributed by atoms with Crippen molar-refractivity contribution < 1.29 is 4.42 Å². The van der Waals surface area contributed by atoms with E-state index in [1.165, 1.54) is 5.56 Å². The summed E-state index contributed by atoms with van der Waals surface area (Å²) in [5.74, 6) is 5.20. The van der Waals surface area contributed by atoms with Crippen LogP contribution in [-0.2, 0) is 6.42 Å². The summed E-state index contributed by atoms with van der Waals surface area (Å²) in [6.45, 7) is 2.15. The van der Waals surface area contributed by atoms with Crippen molar-refractivity contribution in [3.05, 3.63) is 23.8 Å². The van der Waals surface area contributed by atoms with Crippen molar-refractivity contribution >= 4 is 17.1 Å². The molecule has 1 aromatic heterocycles. The fourth-order valence-electron chi connectivity index (χ4n) is 1.48. The Morgan fingerprint density at radius 1 is 1.50 bits per heavy atom. The van der Waals surface area contributed by atoms with Gasteiger partial charge in [0.25, 0.3) is 0 Å². The molecular formula is C10H13N3O. The van der Waals surface area contributed by atoms with Gasteiger partial charge >= 0.3 is 6.01 Å². The van der Waals surface area contributed by atoms with Gasteiger partial charge in [-0.3, -0.25) is 5.43 Å². The molecule has 2 rings (SSSR count). The zero-order valence-corrected chi connectivity index (χ0v) is 8.08. The highest BCUT2D eigenvalue weighted by molar-refractivity contribution is 5.75. The normalized spacial score (nSPS) is 10.7. The van der Waals surface area contributed by atoms with Crippen molar-refractivity contribution in [2.75, 3.05) is 5.43 Å². The highest BCUT2D eigenvalue weighted by atomic mass is 16.4. The Balaban J connectivity index is 2.43. The topological polar surface area (TPSA) is 64.1 Å². The summed E-state index contributed by atoms with van der Waals surface area (Å²) >= 11 is 0. The van der Waals surface area contributed by atoms with Gasteiger partial charge in [-0.15, -0.1) is 0 Å². The molecular weight excluding hydrogens is 178 g/mol. The van der Waals surface area contributed by atoms with E-state index in [0.29, 0.717) is 6.01 Å². The summed E-state index contributed by atoms with van der Waals surface area (Å²) in [4.78, 5) is 4.17. The summed E-state index contributed by atoms with van der Waals surface area (Å²) in [7, 11) is 0. The van der Waals surface area contributed by atoms with E-state index in [9.17, 15) is 0 Å². The SMILES string of the molecule is CCCc1ccc2oc(NN)nc2c1. The van der Waals surface area contributed by atoms with Crippen LogP contribution in [0.3, 0.4) is 0 Å². The second-order valence-electron chi connectivity index (χ2n) is 3.22. The van der Waals surface area contributed by atoms with E-state index in [-0.39, 0.29) is 0 Å². The van der Waals surface area contributed by atoms with Crippen LogP contribution in [0.25, 0.3) is 11.1 Å². The number of nitrogens with two attached hydrogens (primary N) is 1. The third-order valence-corrected chi connectivity index (χ3v) is 2.11. The first-order valence-electron chi connectivity index (χ1n) is 4.69. The minimum Gasteiger partial charge on any atom is -0.423 e. The summed E-state index contributed by atoms with van der Waals surface area (Å²) in [6.07, 6.45) is 2.19. The molecule has 4 nitrogen and oxygen atoms in total. The molecule has 0 fully saturated rings. The number of aryl methyl sites for hydroxylation is 1. The van der Waals surface area contributed by atoms with E-state index in [2.05, 4.69) is 23.4 Å². The molecule has 2 aromatic rings. The van der Waals surface area contributed by atoms with E-state index in [4.69, 9.17) is 10.3 Å². The minimum absolute atomic E-state index is 0.355. The van der Waals surface area contributed by atoms with E-state index < -0.39 is 0 Å². The number of nitrogens with zero attached hydrogens (tertiary/aromatic N) is 1. The lowest BCUT2D eigenvalue weighted by molar-refractivity contribution is 0.617. The van der Waals surface area contributed by atoms with E-state index >= 15 is 0 Å². The number of hydrogen-bond acceptors (Lipinski definition) is 4. The average molecular weight is 191 g/mol. The van der Waals surface area contributed by atoms with Gasteiger partial charge in [-0.25, -0.2) is 5.84 Å². The highest BCUT2D eigenvalue weighted by Crippen LogP contribution is 2.19. The molecule has 0 spiro atoms. The molecule has 14 heavy (non-hydrogen) atoms. The largest absolute Gasteiger partial charge is 0.423 e. The number of oxazole rings is 1. The minimum atomic E-state index is 0.355. The average Bonchev–Trinajstić information content (AvgIpc) is 2.60. The van der Waals surface area contributed by atoms with Crippen molar-refractivity contribution in [2.45, 2.75) is 19.8 Å². The van der Waals surface area contributed by atoms with E-state index in [1.54, 1.807) is 0 Å². The molecule has 0 aliphatic carbocycles. The molecule has 0 aliphatic rings. The number of rotatable bonds is 3. The molecule has 4 heteroatoms. The Labute approximate surface area is 82.1 Å². The summed E-state index contributed by atoms with van der Waals surface area (Å²) in [5.41, 5.74) is 5.28.